The smallest absolute Gasteiger partial charge is 0.0518 e. The minimum absolute atomic E-state index is 0.156. The van der Waals surface area contributed by atoms with E-state index in [2.05, 4.69) is 5.32 Å². The van der Waals surface area contributed by atoms with Crippen molar-refractivity contribution in [1.29, 1.82) is 0 Å². The van der Waals surface area contributed by atoms with Crippen molar-refractivity contribution in [2.24, 2.45) is 0 Å². The van der Waals surface area contributed by atoms with Crippen molar-refractivity contribution in [3.05, 3.63) is 28.8 Å². The van der Waals surface area contributed by atoms with E-state index in [9.17, 15) is 0 Å². The number of hydrogen-bond acceptors (Lipinski definition) is 2. The quantitative estimate of drug-likeness (QED) is 0.697. The number of halogens is 1. The molecule has 64 valence electrons. The molecule has 1 aromatic rings. The summed E-state index contributed by atoms with van der Waals surface area (Å²) in [4.78, 5) is 0. The van der Waals surface area contributed by atoms with Crippen molar-refractivity contribution in [3.8, 4) is 0 Å². The summed E-state index contributed by atoms with van der Waals surface area (Å²) in [5.74, 6) is 0.161. The Bertz CT molecular complexity index is 301. The van der Waals surface area contributed by atoms with E-state index in [0.29, 0.717) is 0 Å². The first-order valence-corrected chi connectivity index (χ1v) is 4.34. The highest BCUT2D eigenvalue weighted by atomic mass is 35.5. The molecule has 1 aliphatic rings. The van der Waals surface area contributed by atoms with E-state index in [-0.39, 0.29) is 12.5 Å². The van der Waals surface area contributed by atoms with Gasteiger partial charge in [0.05, 0.1) is 6.61 Å². The number of rotatable bonds is 1. The Balaban J connectivity index is 2.48. The van der Waals surface area contributed by atoms with Gasteiger partial charge in [-0.3, -0.25) is 0 Å². The highest BCUT2D eigenvalue weighted by Crippen LogP contribution is 2.36. The molecule has 3 heteroatoms. The van der Waals surface area contributed by atoms with E-state index >= 15 is 0 Å². The fraction of sp³-hybridized carbons (Fsp3) is 0.333. The van der Waals surface area contributed by atoms with Crippen LogP contribution >= 0.6 is 11.6 Å². The van der Waals surface area contributed by atoms with E-state index < -0.39 is 0 Å². The summed E-state index contributed by atoms with van der Waals surface area (Å²) < 4.78 is 0. The Morgan fingerprint density at radius 3 is 3.17 bits per heavy atom. The zero-order chi connectivity index (χ0) is 8.55. The Kier molecular flexibility index (Phi) is 1.95. The van der Waals surface area contributed by atoms with Crippen LogP contribution in [0.4, 0.5) is 5.69 Å². The monoisotopic (exact) mass is 183 g/mol. The summed E-state index contributed by atoms with van der Waals surface area (Å²) in [6.45, 7) is 0.944. The minimum atomic E-state index is 0.156. The number of aliphatic hydroxyl groups is 1. The molecule has 0 saturated heterocycles. The van der Waals surface area contributed by atoms with Crippen molar-refractivity contribution >= 4 is 17.3 Å². The lowest BCUT2D eigenvalue weighted by molar-refractivity contribution is 0.273. The van der Waals surface area contributed by atoms with E-state index in [4.69, 9.17) is 16.7 Å². The molecule has 1 heterocycles. The Morgan fingerprint density at radius 1 is 1.58 bits per heavy atom. The molecule has 2 rings (SSSR count). The van der Waals surface area contributed by atoms with E-state index in [1.165, 1.54) is 0 Å². The summed E-state index contributed by atoms with van der Waals surface area (Å²) in [6, 6.07) is 5.75. The molecule has 1 atom stereocenters. The van der Waals surface area contributed by atoms with Crippen LogP contribution in [0.1, 0.15) is 11.5 Å². The summed E-state index contributed by atoms with van der Waals surface area (Å²) in [5, 5.41) is 13.0. The second-order valence-corrected chi connectivity index (χ2v) is 3.37. The Morgan fingerprint density at radius 2 is 2.42 bits per heavy atom. The largest absolute Gasteiger partial charge is 0.396 e. The van der Waals surface area contributed by atoms with Crippen LogP contribution < -0.4 is 5.32 Å². The summed E-state index contributed by atoms with van der Waals surface area (Å²) in [7, 11) is 0. The second-order valence-electron chi connectivity index (χ2n) is 2.96. The maximum atomic E-state index is 9.04. The molecule has 0 aliphatic carbocycles. The molecule has 1 aliphatic heterocycles. The van der Waals surface area contributed by atoms with Gasteiger partial charge in [-0.1, -0.05) is 17.7 Å². The van der Waals surface area contributed by atoms with Crippen LogP contribution in [0.15, 0.2) is 18.2 Å². The van der Waals surface area contributed by atoms with E-state index in [1.807, 2.05) is 18.2 Å². The molecule has 0 bridgehead atoms. The van der Waals surface area contributed by atoms with Gasteiger partial charge in [-0.05, 0) is 12.1 Å². The average molecular weight is 184 g/mol. The third-order valence-corrected chi connectivity index (χ3v) is 2.55. The summed E-state index contributed by atoms with van der Waals surface area (Å²) in [6.07, 6.45) is 0. The predicted molar refractivity (Wildman–Crippen MR) is 49.8 cm³/mol. The first-order valence-electron chi connectivity index (χ1n) is 3.96. The lowest BCUT2D eigenvalue weighted by Crippen LogP contribution is -2.06. The van der Waals surface area contributed by atoms with Gasteiger partial charge in [0.2, 0.25) is 0 Å². The normalized spacial score (nSPS) is 20.3. The van der Waals surface area contributed by atoms with Gasteiger partial charge in [0, 0.05) is 28.7 Å². The number of hydrogen-bond donors (Lipinski definition) is 2. The molecular weight excluding hydrogens is 174 g/mol. The van der Waals surface area contributed by atoms with Crippen LogP contribution in [0, 0.1) is 0 Å². The lowest BCUT2D eigenvalue weighted by Gasteiger charge is -2.06. The van der Waals surface area contributed by atoms with Crippen molar-refractivity contribution in [3.63, 3.8) is 0 Å². The minimum Gasteiger partial charge on any atom is -0.396 e. The topological polar surface area (TPSA) is 32.3 Å². The number of anilines is 1. The second kappa shape index (κ2) is 2.96. The zero-order valence-corrected chi connectivity index (χ0v) is 7.30. The molecule has 2 nitrogen and oxygen atoms in total. The number of benzene rings is 1. The van der Waals surface area contributed by atoms with Crippen LogP contribution in [-0.2, 0) is 0 Å². The maximum Gasteiger partial charge on any atom is 0.0518 e. The van der Waals surface area contributed by atoms with E-state index in [1.54, 1.807) is 0 Å². The van der Waals surface area contributed by atoms with Gasteiger partial charge >= 0.3 is 0 Å². The third kappa shape index (κ3) is 1.08. The first-order chi connectivity index (χ1) is 5.83. The molecule has 0 spiro atoms. The SMILES string of the molecule is OCC1CNc2cccc(Cl)c21. The van der Waals surface area contributed by atoms with Gasteiger partial charge < -0.3 is 10.4 Å². The highest BCUT2D eigenvalue weighted by Gasteiger charge is 2.23. The van der Waals surface area contributed by atoms with Crippen molar-refractivity contribution in [2.75, 3.05) is 18.5 Å². The lowest BCUT2D eigenvalue weighted by atomic mass is 10.0. The standard InChI is InChI=1S/C9H10ClNO/c10-7-2-1-3-8-9(7)6(5-12)4-11-8/h1-3,6,11-12H,4-5H2. The molecule has 0 amide bonds. The highest BCUT2D eigenvalue weighted by molar-refractivity contribution is 6.31. The third-order valence-electron chi connectivity index (χ3n) is 2.22. The van der Waals surface area contributed by atoms with E-state index in [0.717, 1.165) is 22.8 Å². The van der Waals surface area contributed by atoms with Gasteiger partial charge in [0.1, 0.15) is 0 Å². The summed E-state index contributed by atoms with van der Waals surface area (Å²) in [5.41, 5.74) is 2.11. The van der Waals surface area contributed by atoms with Crippen LogP contribution in [0.5, 0.6) is 0 Å². The van der Waals surface area contributed by atoms with Gasteiger partial charge in [-0.2, -0.15) is 0 Å². The first kappa shape index (κ1) is 7.90. The van der Waals surface area contributed by atoms with Crippen LogP contribution in [0.2, 0.25) is 5.02 Å². The number of fused-ring (bicyclic) bond motifs is 1. The fourth-order valence-electron chi connectivity index (χ4n) is 1.60. The van der Waals surface area contributed by atoms with Crippen LogP contribution in [0.3, 0.4) is 0 Å². The van der Waals surface area contributed by atoms with Crippen LogP contribution in [-0.4, -0.2) is 18.3 Å². The molecular formula is C9H10ClNO. The predicted octanol–water partition coefficient (Wildman–Crippen LogP) is 1.84. The van der Waals surface area contributed by atoms with Gasteiger partial charge in [0.25, 0.3) is 0 Å². The van der Waals surface area contributed by atoms with Gasteiger partial charge in [-0.15, -0.1) is 0 Å². The average Bonchev–Trinajstić information content (AvgIpc) is 2.49. The molecule has 0 aromatic heterocycles. The Labute approximate surface area is 76.2 Å². The number of nitrogens with one attached hydrogen (secondary N) is 1. The van der Waals surface area contributed by atoms with Crippen molar-refractivity contribution in [1.82, 2.24) is 0 Å². The fourth-order valence-corrected chi connectivity index (χ4v) is 1.93. The number of aliphatic hydroxyl groups excluding tert-OH is 1. The zero-order valence-electron chi connectivity index (χ0n) is 6.55. The van der Waals surface area contributed by atoms with Crippen molar-refractivity contribution in [2.45, 2.75) is 5.92 Å². The van der Waals surface area contributed by atoms with Gasteiger partial charge in [-0.25, -0.2) is 0 Å². The molecule has 1 unspecified atom stereocenters. The molecule has 1 aromatic carbocycles. The molecule has 0 radical (unpaired) electrons. The molecule has 12 heavy (non-hydrogen) atoms. The Hall–Kier alpha value is -0.730. The van der Waals surface area contributed by atoms with Crippen molar-refractivity contribution < 1.29 is 5.11 Å². The van der Waals surface area contributed by atoms with Gasteiger partial charge in [0.15, 0.2) is 0 Å². The molecule has 0 fully saturated rings. The molecule has 2 N–H and O–H groups in total. The maximum absolute atomic E-state index is 9.04. The molecule has 0 saturated carbocycles. The van der Waals surface area contributed by atoms with Crippen LogP contribution in [0.25, 0.3) is 0 Å². The summed E-state index contributed by atoms with van der Waals surface area (Å²) >= 11 is 5.99.